The number of carbonyl (C=O) groups is 1. The van der Waals surface area contributed by atoms with Gasteiger partial charge in [-0.15, -0.1) is 12.4 Å². The minimum atomic E-state index is -0.908. The van der Waals surface area contributed by atoms with Gasteiger partial charge in [0.2, 0.25) is 5.91 Å². The molecule has 1 unspecified atom stereocenters. The van der Waals surface area contributed by atoms with Crippen LogP contribution in [-0.2, 0) is 16.8 Å². The summed E-state index contributed by atoms with van der Waals surface area (Å²) in [6, 6.07) is 21.6. The summed E-state index contributed by atoms with van der Waals surface area (Å²) in [5.41, 5.74) is 10.3. The number of nitrogen functional groups attached to an aromatic ring is 1. The van der Waals surface area contributed by atoms with Gasteiger partial charge in [-0.25, -0.2) is 0 Å². The minimum Gasteiger partial charge on any atom is -0.491 e. The SMILES string of the molecule is Cl.Nc1cc(-c2ccc(CN3C(=O)C4(COc5cc6c(cc54)OCCO6)c4ccccc43)cc2)[nH]n1. The maximum atomic E-state index is 14.2. The Morgan fingerprint density at radius 3 is 2.42 bits per heavy atom. The van der Waals surface area contributed by atoms with Crippen molar-refractivity contribution in [3.05, 3.63) is 83.4 Å². The molecule has 0 radical (unpaired) electrons. The highest BCUT2D eigenvalue weighted by atomic mass is 35.5. The van der Waals surface area contributed by atoms with Crippen molar-refractivity contribution in [2.45, 2.75) is 12.0 Å². The van der Waals surface area contributed by atoms with Crippen LogP contribution < -0.4 is 24.8 Å². The van der Waals surface area contributed by atoms with Crippen LogP contribution in [0.3, 0.4) is 0 Å². The van der Waals surface area contributed by atoms with Crippen LogP contribution in [0.1, 0.15) is 16.7 Å². The first-order valence-corrected chi connectivity index (χ1v) is 11.5. The van der Waals surface area contributed by atoms with Gasteiger partial charge in [0.05, 0.1) is 12.2 Å². The Labute approximate surface area is 213 Å². The Bertz CT molecular complexity index is 1490. The molecule has 1 amide bonds. The number of hydrogen-bond donors (Lipinski definition) is 2. The lowest BCUT2D eigenvalue weighted by Gasteiger charge is -2.24. The zero-order valence-corrected chi connectivity index (χ0v) is 20.0. The molecule has 3 aliphatic heterocycles. The van der Waals surface area contributed by atoms with Crippen molar-refractivity contribution in [3.8, 4) is 28.5 Å². The zero-order chi connectivity index (χ0) is 23.6. The first kappa shape index (κ1) is 22.3. The number of aromatic amines is 1. The first-order chi connectivity index (χ1) is 17.1. The molecule has 4 aromatic rings. The van der Waals surface area contributed by atoms with Crippen LogP contribution >= 0.6 is 12.4 Å². The normalized spacial score (nSPS) is 19.0. The smallest absolute Gasteiger partial charge is 0.246 e. The first-order valence-electron chi connectivity index (χ1n) is 11.5. The van der Waals surface area contributed by atoms with Crippen LogP contribution in [0.2, 0.25) is 0 Å². The third-order valence-corrected chi connectivity index (χ3v) is 7.02. The zero-order valence-electron chi connectivity index (χ0n) is 19.2. The van der Waals surface area contributed by atoms with Gasteiger partial charge in [0.25, 0.3) is 0 Å². The molecule has 1 atom stereocenters. The molecule has 182 valence electrons. The molecule has 0 saturated heterocycles. The number of nitrogens with two attached hydrogens (primary N) is 1. The third kappa shape index (κ3) is 3.14. The second kappa shape index (κ2) is 8.20. The van der Waals surface area contributed by atoms with Crippen LogP contribution in [0.4, 0.5) is 11.5 Å². The molecule has 0 bridgehead atoms. The van der Waals surface area contributed by atoms with Crippen LogP contribution in [0.5, 0.6) is 17.2 Å². The second-order valence-electron chi connectivity index (χ2n) is 9.00. The van der Waals surface area contributed by atoms with E-state index in [-0.39, 0.29) is 24.9 Å². The van der Waals surface area contributed by atoms with E-state index < -0.39 is 5.41 Å². The van der Waals surface area contributed by atoms with Gasteiger partial charge in [0, 0.05) is 23.4 Å². The number of anilines is 2. The fourth-order valence-electron chi connectivity index (χ4n) is 5.33. The average molecular weight is 503 g/mol. The topological polar surface area (TPSA) is 103 Å². The fourth-order valence-corrected chi connectivity index (χ4v) is 5.33. The number of aromatic nitrogens is 2. The molecule has 3 aromatic carbocycles. The van der Waals surface area contributed by atoms with Gasteiger partial charge in [-0.1, -0.05) is 42.5 Å². The number of ether oxygens (including phenoxy) is 3. The van der Waals surface area contributed by atoms with Gasteiger partial charge < -0.3 is 24.8 Å². The maximum absolute atomic E-state index is 14.2. The minimum absolute atomic E-state index is 0. The predicted molar refractivity (Wildman–Crippen MR) is 137 cm³/mol. The Kier molecular flexibility index (Phi) is 5.08. The number of halogens is 1. The summed E-state index contributed by atoms with van der Waals surface area (Å²) in [6.07, 6.45) is 0. The number of fused-ring (bicyclic) bond motifs is 5. The van der Waals surface area contributed by atoms with Crippen molar-refractivity contribution in [2.24, 2.45) is 0 Å². The molecule has 8 nitrogen and oxygen atoms in total. The molecule has 0 aliphatic carbocycles. The number of nitrogens with one attached hydrogen (secondary N) is 1. The highest BCUT2D eigenvalue weighted by molar-refractivity contribution is 6.11. The molecule has 1 aromatic heterocycles. The van der Waals surface area contributed by atoms with Gasteiger partial charge in [-0.2, -0.15) is 5.10 Å². The molecule has 7 rings (SSSR count). The van der Waals surface area contributed by atoms with Gasteiger partial charge >= 0.3 is 0 Å². The maximum Gasteiger partial charge on any atom is 0.246 e. The molecule has 36 heavy (non-hydrogen) atoms. The summed E-state index contributed by atoms with van der Waals surface area (Å²) in [7, 11) is 0. The lowest BCUT2D eigenvalue weighted by molar-refractivity contribution is -0.122. The van der Waals surface area contributed by atoms with Gasteiger partial charge in [-0.3, -0.25) is 9.89 Å². The monoisotopic (exact) mass is 502 g/mol. The highest BCUT2D eigenvalue weighted by Crippen LogP contribution is 2.55. The van der Waals surface area contributed by atoms with Crippen LogP contribution in [0.25, 0.3) is 11.3 Å². The number of hydrogen-bond acceptors (Lipinski definition) is 6. The Balaban J connectivity index is 0.00000240. The van der Waals surface area contributed by atoms with E-state index in [4.69, 9.17) is 19.9 Å². The third-order valence-electron chi connectivity index (χ3n) is 7.02. The number of amides is 1. The van der Waals surface area contributed by atoms with Crippen LogP contribution in [0, 0.1) is 0 Å². The summed E-state index contributed by atoms with van der Waals surface area (Å²) in [4.78, 5) is 16.0. The molecular weight excluding hydrogens is 480 g/mol. The lowest BCUT2D eigenvalue weighted by Crippen LogP contribution is -2.42. The number of nitrogens with zero attached hydrogens (tertiary/aromatic N) is 2. The van der Waals surface area contributed by atoms with E-state index >= 15 is 0 Å². The Morgan fingerprint density at radius 2 is 1.67 bits per heavy atom. The number of para-hydroxylation sites is 1. The van der Waals surface area contributed by atoms with E-state index in [9.17, 15) is 4.79 Å². The van der Waals surface area contributed by atoms with E-state index in [0.717, 1.165) is 33.6 Å². The molecule has 0 saturated carbocycles. The van der Waals surface area contributed by atoms with E-state index in [2.05, 4.69) is 10.2 Å². The second-order valence-corrected chi connectivity index (χ2v) is 9.00. The average Bonchev–Trinajstić information content (AvgIpc) is 3.56. The molecule has 9 heteroatoms. The summed E-state index contributed by atoms with van der Waals surface area (Å²) < 4.78 is 17.6. The van der Waals surface area contributed by atoms with Crippen molar-refractivity contribution in [3.63, 3.8) is 0 Å². The fraction of sp³-hybridized carbons (Fsp3) is 0.185. The van der Waals surface area contributed by atoms with Crippen molar-refractivity contribution in [2.75, 3.05) is 30.5 Å². The molecular formula is C27H23ClN4O4. The van der Waals surface area contributed by atoms with E-state index in [1.165, 1.54) is 0 Å². The van der Waals surface area contributed by atoms with Gasteiger partial charge in [-0.05, 0) is 28.8 Å². The van der Waals surface area contributed by atoms with E-state index in [1.807, 2.05) is 65.6 Å². The standard InChI is InChI=1S/C27H22N4O4.ClH/c28-25-12-20(29-30-25)17-7-5-16(6-8-17)14-31-21-4-2-1-3-18(21)27(26(31)32)15-35-22-13-24-23(11-19(22)27)33-9-10-34-24;/h1-8,11-13H,9-10,14-15H2,(H3,28,29,30);1H. The number of rotatable bonds is 3. The molecule has 3 aliphatic rings. The van der Waals surface area contributed by atoms with Crippen LogP contribution in [0.15, 0.2) is 66.7 Å². The Hall–Kier alpha value is -4.17. The Morgan fingerprint density at radius 1 is 0.917 bits per heavy atom. The van der Waals surface area contributed by atoms with Crippen molar-refractivity contribution in [1.29, 1.82) is 0 Å². The molecule has 0 fully saturated rings. The van der Waals surface area contributed by atoms with Crippen molar-refractivity contribution >= 4 is 29.8 Å². The van der Waals surface area contributed by atoms with E-state index in [1.54, 1.807) is 6.07 Å². The lowest BCUT2D eigenvalue weighted by atomic mass is 9.77. The quantitative estimate of drug-likeness (QED) is 0.437. The van der Waals surface area contributed by atoms with Crippen LogP contribution in [-0.4, -0.2) is 35.9 Å². The summed E-state index contributed by atoms with van der Waals surface area (Å²) in [5, 5.41) is 6.92. The van der Waals surface area contributed by atoms with E-state index in [0.29, 0.717) is 42.8 Å². The molecule has 3 N–H and O–H groups in total. The van der Waals surface area contributed by atoms with Crippen molar-refractivity contribution in [1.82, 2.24) is 10.2 Å². The van der Waals surface area contributed by atoms with Crippen molar-refractivity contribution < 1.29 is 19.0 Å². The summed E-state index contributed by atoms with van der Waals surface area (Å²) in [6.45, 7) is 1.68. The number of H-pyrrole nitrogens is 1. The highest BCUT2D eigenvalue weighted by Gasteiger charge is 2.57. The summed E-state index contributed by atoms with van der Waals surface area (Å²) in [5.74, 6) is 2.42. The predicted octanol–water partition coefficient (Wildman–Crippen LogP) is 4.08. The van der Waals surface area contributed by atoms with Gasteiger partial charge in [0.15, 0.2) is 11.5 Å². The number of carbonyl (C=O) groups excluding carboxylic acids is 1. The molecule has 1 spiro atoms. The molecule has 4 heterocycles. The summed E-state index contributed by atoms with van der Waals surface area (Å²) >= 11 is 0. The van der Waals surface area contributed by atoms with Gasteiger partial charge in [0.1, 0.15) is 36.8 Å². The number of benzene rings is 3. The largest absolute Gasteiger partial charge is 0.491 e.